The summed E-state index contributed by atoms with van der Waals surface area (Å²) >= 11 is 0. The predicted molar refractivity (Wildman–Crippen MR) is 70.6 cm³/mol. The monoisotopic (exact) mass is 230 g/mol. The third-order valence-corrected chi connectivity index (χ3v) is 2.98. The molecular formula is C13H30N2O. The molecule has 0 fully saturated rings. The van der Waals surface area contributed by atoms with Crippen molar-refractivity contribution in [1.82, 2.24) is 4.90 Å². The van der Waals surface area contributed by atoms with Crippen LogP contribution >= 0.6 is 0 Å². The molecular weight excluding hydrogens is 200 g/mol. The van der Waals surface area contributed by atoms with Gasteiger partial charge in [0.2, 0.25) is 0 Å². The van der Waals surface area contributed by atoms with Gasteiger partial charge in [-0.3, -0.25) is 4.90 Å². The minimum atomic E-state index is 0.196. The van der Waals surface area contributed by atoms with E-state index < -0.39 is 0 Å². The summed E-state index contributed by atoms with van der Waals surface area (Å²) in [6.07, 6.45) is 0.196. The van der Waals surface area contributed by atoms with Gasteiger partial charge in [-0.2, -0.15) is 0 Å². The van der Waals surface area contributed by atoms with Crippen molar-refractivity contribution in [3.05, 3.63) is 0 Å². The molecule has 0 spiro atoms. The summed E-state index contributed by atoms with van der Waals surface area (Å²) in [5, 5.41) is 0. The largest absolute Gasteiger partial charge is 0.375 e. The summed E-state index contributed by atoms with van der Waals surface area (Å²) in [5.41, 5.74) is 5.67. The molecule has 0 aromatic rings. The lowest BCUT2D eigenvalue weighted by Gasteiger charge is -2.31. The lowest BCUT2D eigenvalue weighted by atomic mass is 10.1. The minimum absolute atomic E-state index is 0.196. The maximum Gasteiger partial charge on any atom is 0.0720 e. The van der Waals surface area contributed by atoms with Crippen molar-refractivity contribution < 1.29 is 4.74 Å². The fraction of sp³-hybridized carbons (Fsp3) is 1.00. The van der Waals surface area contributed by atoms with Gasteiger partial charge >= 0.3 is 0 Å². The van der Waals surface area contributed by atoms with Crippen LogP contribution in [-0.4, -0.2) is 42.8 Å². The molecule has 0 aliphatic rings. The highest BCUT2D eigenvalue weighted by molar-refractivity contribution is 4.68. The Hall–Kier alpha value is -0.120. The third kappa shape index (κ3) is 5.83. The van der Waals surface area contributed by atoms with Crippen molar-refractivity contribution in [1.29, 1.82) is 0 Å². The molecule has 3 heteroatoms. The maximum absolute atomic E-state index is 5.82. The summed E-state index contributed by atoms with van der Waals surface area (Å²) in [6.45, 7) is 15.6. The first-order chi connectivity index (χ1) is 7.40. The van der Waals surface area contributed by atoms with E-state index in [0.29, 0.717) is 24.5 Å². The molecule has 0 aromatic heterocycles. The Bertz CT molecular complexity index is 161. The van der Waals surface area contributed by atoms with E-state index in [0.717, 1.165) is 13.2 Å². The first-order valence-electron chi connectivity index (χ1n) is 6.47. The van der Waals surface area contributed by atoms with Gasteiger partial charge in [-0.15, -0.1) is 0 Å². The highest BCUT2D eigenvalue weighted by atomic mass is 16.5. The second kappa shape index (κ2) is 8.04. The van der Waals surface area contributed by atoms with Crippen molar-refractivity contribution >= 4 is 0 Å². The standard InChI is InChI=1S/C13H30N2O/c1-10(2)13(9-14)16-8-7-15(11(3)4)12(5)6/h10-13H,7-9,14H2,1-6H3. The zero-order chi connectivity index (χ0) is 12.7. The maximum atomic E-state index is 5.82. The molecule has 0 aromatic carbocycles. The van der Waals surface area contributed by atoms with E-state index >= 15 is 0 Å². The van der Waals surface area contributed by atoms with Crippen molar-refractivity contribution in [2.75, 3.05) is 19.7 Å². The van der Waals surface area contributed by atoms with Gasteiger partial charge in [-0.1, -0.05) is 13.8 Å². The van der Waals surface area contributed by atoms with Gasteiger partial charge in [-0.25, -0.2) is 0 Å². The van der Waals surface area contributed by atoms with E-state index in [1.807, 2.05) is 0 Å². The lowest BCUT2D eigenvalue weighted by Crippen LogP contribution is -2.40. The number of hydrogen-bond donors (Lipinski definition) is 1. The summed E-state index contributed by atoms with van der Waals surface area (Å²) in [4.78, 5) is 2.44. The number of rotatable bonds is 8. The van der Waals surface area contributed by atoms with Gasteiger partial charge in [0.05, 0.1) is 12.7 Å². The van der Waals surface area contributed by atoms with Crippen LogP contribution in [0.1, 0.15) is 41.5 Å². The van der Waals surface area contributed by atoms with Crippen molar-refractivity contribution in [3.63, 3.8) is 0 Å². The Morgan fingerprint density at radius 3 is 1.81 bits per heavy atom. The van der Waals surface area contributed by atoms with Crippen LogP contribution in [-0.2, 0) is 4.74 Å². The number of hydrogen-bond acceptors (Lipinski definition) is 3. The van der Waals surface area contributed by atoms with Crippen LogP contribution in [0.15, 0.2) is 0 Å². The Balaban J connectivity index is 3.94. The smallest absolute Gasteiger partial charge is 0.0720 e. The average molecular weight is 230 g/mol. The molecule has 0 bridgehead atoms. The van der Waals surface area contributed by atoms with Gasteiger partial charge in [0.15, 0.2) is 0 Å². The molecule has 98 valence electrons. The van der Waals surface area contributed by atoms with Crippen molar-refractivity contribution in [2.24, 2.45) is 11.7 Å². The van der Waals surface area contributed by atoms with Gasteiger partial charge in [0.1, 0.15) is 0 Å². The van der Waals surface area contributed by atoms with E-state index in [9.17, 15) is 0 Å². The summed E-state index contributed by atoms with van der Waals surface area (Å²) < 4.78 is 5.82. The van der Waals surface area contributed by atoms with Crippen LogP contribution in [0.4, 0.5) is 0 Å². The SMILES string of the molecule is CC(C)C(CN)OCCN(C(C)C)C(C)C. The molecule has 3 nitrogen and oxygen atoms in total. The van der Waals surface area contributed by atoms with Gasteiger partial charge in [0.25, 0.3) is 0 Å². The normalized spacial score (nSPS) is 14.4. The highest BCUT2D eigenvalue weighted by Crippen LogP contribution is 2.07. The van der Waals surface area contributed by atoms with Gasteiger partial charge in [0, 0.05) is 25.2 Å². The Kier molecular flexibility index (Phi) is 7.98. The van der Waals surface area contributed by atoms with E-state index in [1.165, 1.54) is 0 Å². The number of nitrogens with two attached hydrogens (primary N) is 1. The zero-order valence-electron chi connectivity index (χ0n) is 11.9. The fourth-order valence-electron chi connectivity index (χ4n) is 1.95. The summed E-state index contributed by atoms with van der Waals surface area (Å²) in [7, 11) is 0. The molecule has 0 rings (SSSR count). The predicted octanol–water partition coefficient (Wildman–Crippen LogP) is 2.11. The van der Waals surface area contributed by atoms with Crippen LogP contribution in [0.5, 0.6) is 0 Å². The molecule has 0 aliphatic carbocycles. The second-order valence-corrected chi connectivity index (χ2v) is 5.31. The Morgan fingerprint density at radius 2 is 1.50 bits per heavy atom. The molecule has 0 amide bonds. The van der Waals surface area contributed by atoms with Crippen LogP contribution in [0.25, 0.3) is 0 Å². The van der Waals surface area contributed by atoms with E-state index in [2.05, 4.69) is 46.4 Å². The van der Waals surface area contributed by atoms with Crippen LogP contribution in [0, 0.1) is 5.92 Å². The molecule has 16 heavy (non-hydrogen) atoms. The molecule has 0 radical (unpaired) electrons. The third-order valence-electron chi connectivity index (χ3n) is 2.98. The molecule has 0 aliphatic heterocycles. The Morgan fingerprint density at radius 1 is 1.00 bits per heavy atom. The molecule has 0 saturated heterocycles. The van der Waals surface area contributed by atoms with Gasteiger partial charge in [-0.05, 0) is 33.6 Å². The van der Waals surface area contributed by atoms with E-state index in [-0.39, 0.29) is 6.10 Å². The van der Waals surface area contributed by atoms with E-state index in [1.54, 1.807) is 0 Å². The van der Waals surface area contributed by atoms with Crippen LogP contribution in [0.2, 0.25) is 0 Å². The van der Waals surface area contributed by atoms with Gasteiger partial charge < -0.3 is 10.5 Å². The zero-order valence-corrected chi connectivity index (χ0v) is 11.9. The molecule has 1 atom stereocenters. The molecule has 1 unspecified atom stereocenters. The molecule has 0 saturated carbocycles. The Labute approximate surface area is 101 Å². The first-order valence-corrected chi connectivity index (χ1v) is 6.47. The summed E-state index contributed by atoms with van der Waals surface area (Å²) in [5.74, 6) is 0.497. The van der Waals surface area contributed by atoms with Crippen molar-refractivity contribution in [3.8, 4) is 0 Å². The average Bonchev–Trinajstić information content (AvgIpc) is 2.15. The van der Waals surface area contributed by atoms with Crippen molar-refractivity contribution in [2.45, 2.75) is 59.7 Å². The van der Waals surface area contributed by atoms with Crippen LogP contribution in [0.3, 0.4) is 0 Å². The second-order valence-electron chi connectivity index (χ2n) is 5.31. The first kappa shape index (κ1) is 15.9. The minimum Gasteiger partial charge on any atom is -0.375 e. The lowest BCUT2D eigenvalue weighted by molar-refractivity contribution is 0.00702. The van der Waals surface area contributed by atoms with Crippen LogP contribution < -0.4 is 5.73 Å². The topological polar surface area (TPSA) is 38.5 Å². The fourth-order valence-corrected chi connectivity index (χ4v) is 1.95. The quantitative estimate of drug-likeness (QED) is 0.694. The molecule has 2 N–H and O–H groups in total. The number of nitrogens with zero attached hydrogens (tertiary/aromatic N) is 1. The van der Waals surface area contributed by atoms with E-state index in [4.69, 9.17) is 10.5 Å². The highest BCUT2D eigenvalue weighted by Gasteiger charge is 2.15. The number of ether oxygens (including phenoxy) is 1. The summed E-state index contributed by atoms with van der Waals surface area (Å²) in [6, 6.07) is 1.14. The molecule has 0 heterocycles.